The molecule has 0 saturated carbocycles. The van der Waals surface area contributed by atoms with Gasteiger partial charge in [-0.05, 0) is 0 Å². The number of rotatable bonds is 1. The first kappa shape index (κ1) is 7.13. The summed E-state index contributed by atoms with van der Waals surface area (Å²) in [4.78, 5) is 0. The Bertz CT molecular complexity index is 293. The Morgan fingerprint density at radius 2 is 2.09 bits per heavy atom. The molecule has 0 heterocycles. The number of hydrogen-bond donors (Lipinski definition) is 0. The van der Waals surface area contributed by atoms with Crippen molar-refractivity contribution in [2.24, 2.45) is 0 Å². The van der Waals surface area contributed by atoms with Crippen LogP contribution in [0.1, 0.15) is 17.2 Å². The molecule has 0 aromatic heterocycles. The van der Waals surface area contributed by atoms with Crippen LogP contribution >= 0.6 is 0 Å². The van der Waals surface area contributed by atoms with Gasteiger partial charge in [0.2, 0.25) is 0 Å². The standard InChI is InChI=1S/C9H10GeO/c10-11-9-6-5-7-3-1-2-4-8(7)9/h1-6,9H,10H3. The molecule has 0 N–H and O–H groups in total. The van der Waals surface area contributed by atoms with E-state index in [-0.39, 0.29) is 6.10 Å². The fraction of sp³-hybridized carbons (Fsp3) is 0.111. The van der Waals surface area contributed by atoms with E-state index in [9.17, 15) is 0 Å². The Kier molecular flexibility index (Phi) is 1.84. The third-order valence-corrected chi connectivity index (χ3v) is 3.07. The zero-order valence-electron chi connectivity index (χ0n) is 6.45. The van der Waals surface area contributed by atoms with Crippen molar-refractivity contribution in [1.82, 2.24) is 0 Å². The number of fused-ring (bicyclic) bond motifs is 1. The van der Waals surface area contributed by atoms with Crippen LogP contribution in [0.3, 0.4) is 0 Å². The topological polar surface area (TPSA) is 9.23 Å². The summed E-state index contributed by atoms with van der Waals surface area (Å²) in [6.07, 6.45) is 4.51. The van der Waals surface area contributed by atoms with Gasteiger partial charge >= 0.3 is 74.3 Å². The van der Waals surface area contributed by atoms with Crippen LogP contribution in [0.5, 0.6) is 0 Å². The molecule has 2 heteroatoms. The molecule has 0 amide bonds. The summed E-state index contributed by atoms with van der Waals surface area (Å²) in [6.45, 7) is 0. The number of benzene rings is 1. The van der Waals surface area contributed by atoms with Crippen LogP contribution in [-0.2, 0) is 3.76 Å². The molecule has 1 atom stereocenters. The van der Waals surface area contributed by atoms with E-state index in [2.05, 4.69) is 36.4 Å². The fourth-order valence-corrected chi connectivity index (χ4v) is 2.28. The van der Waals surface area contributed by atoms with E-state index in [1.165, 1.54) is 11.1 Å². The summed E-state index contributed by atoms with van der Waals surface area (Å²) in [7, 11) is 0. The maximum absolute atomic E-state index is 5.44. The molecule has 1 unspecified atom stereocenters. The Morgan fingerprint density at radius 3 is 2.91 bits per heavy atom. The van der Waals surface area contributed by atoms with E-state index < -0.39 is 0 Å². The summed E-state index contributed by atoms with van der Waals surface area (Å²) >= 11 is 0.472. The van der Waals surface area contributed by atoms with E-state index in [4.69, 9.17) is 3.76 Å². The second-order valence-electron chi connectivity index (χ2n) is 2.64. The van der Waals surface area contributed by atoms with Crippen molar-refractivity contribution >= 4 is 22.9 Å². The third-order valence-electron chi connectivity index (χ3n) is 2.01. The molecule has 11 heavy (non-hydrogen) atoms. The Balaban J connectivity index is 2.46. The van der Waals surface area contributed by atoms with Gasteiger partial charge in [-0.1, -0.05) is 0 Å². The molecule has 56 valence electrons. The van der Waals surface area contributed by atoms with Crippen molar-refractivity contribution < 1.29 is 3.76 Å². The molecule has 0 aliphatic heterocycles. The van der Waals surface area contributed by atoms with E-state index in [1.807, 2.05) is 0 Å². The van der Waals surface area contributed by atoms with E-state index in [0.717, 1.165) is 0 Å². The van der Waals surface area contributed by atoms with Crippen molar-refractivity contribution in [3.63, 3.8) is 0 Å². The molecule has 1 aromatic carbocycles. The molecular formula is C9H10GeO. The van der Waals surface area contributed by atoms with E-state index >= 15 is 0 Å². The van der Waals surface area contributed by atoms with Crippen molar-refractivity contribution in [3.8, 4) is 0 Å². The fourth-order valence-electron chi connectivity index (χ4n) is 1.42. The molecular weight excluding hydrogens is 197 g/mol. The molecule has 1 aliphatic carbocycles. The van der Waals surface area contributed by atoms with Crippen molar-refractivity contribution in [3.05, 3.63) is 41.5 Å². The Hall–Kier alpha value is -0.537. The first-order valence-corrected chi connectivity index (χ1v) is 5.43. The van der Waals surface area contributed by atoms with Crippen molar-refractivity contribution in [2.75, 3.05) is 0 Å². The summed E-state index contributed by atoms with van der Waals surface area (Å²) < 4.78 is 5.44. The van der Waals surface area contributed by atoms with Crippen LogP contribution in [-0.4, -0.2) is 16.9 Å². The molecule has 1 aliphatic rings. The predicted octanol–water partition coefficient (Wildman–Crippen LogP) is 1.05. The van der Waals surface area contributed by atoms with Crippen LogP contribution in [0, 0.1) is 0 Å². The Labute approximate surface area is 74.6 Å². The van der Waals surface area contributed by atoms with Gasteiger partial charge in [-0.15, -0.1) is 0 Å². The van der Waals surface area contributed by atoms with Crippen molar-refractivity contribution in [1.29, 1.82) is 0 Å². The third kappa shape index (κ3) is 1.14. The molecule has 1 aromatic rings. The molecule has 0 spiro atoms. The van der Waals surface area contributed by atoms with Gasteiger partial charge in [-0.2, -0.15) is 0 Å². The minimum atomic E-state index is 0.256. The van der Waals surface area contributed by atoms with Crippen LogP contribution < -0.4 is 0 Å². The second kappa shape index (κ2) is 2.83. The van der Waals surface area contributed by atoms with Crippen LogP contribution in [0.4, 0.5) is 0 Å². The first-order valence-electron chi connectivity index (χ1n) is 3.72. The minimum absolute atomic E-state index is 0.256. The SMILES string of the molecule is [GeH3][O]C1C=Cc2ccccc21. The summed E-state index contributed by atoms with van der Waals surface area (Å²) in [5.41, 5.74) is 2.63. The Morgan fingerprint density at radius 1 is 1.27 bits per heavy atom. The molecule has 0 fully saturated rings. The van der Waals surface area contributed by atoms with Gasteiger partial charge in [0.15, 0.2) is 0 Å². The molecule has 0 bridgehead atoms. The van der Waals surface area contributed by atoms with Crippen LogP contribution in [0.2, 0.25) is 0 Å². The molecule has 1 nitrogen and oxygen atoms in total. The van der Waals surface area contributed by atoms with E-state index in [0.29, 0.717) is 16.9 Å². The van der Waals surface area contributed by atoms with Gasteiger partial charge in [0.05, 0.1) is 0 Å². The maximum atomic E-state index is 5.44. The van der Waals surface area contributed by atoms with Gasteiger partial charge in [0.25, 0.3) is 0 Å². The molecule has 2 rings (SSSR count). The summed E-state index contributed by atoms with van der Waals surface area (Å²) in [5, 5.41) is 0. The van der Waals surface area contributed by atoms with Gasteiger partial charge in [-0.3, -0.25) is 0 Å². The first-order chi connectivity index (χ1) is 5.42. The summed E-state index contributed by atoms with van der Waals surface area (Å²) in [6, 6.07) is 8.37. The predicted molar refractivity (Wildman–Crippen MR) is 49.2 cm³/mol. The monoisotopic (exact) mass is 208 g/mol. The molecule has 0 saturated heterocycles. The van der Waals surface area contributed by atoms with Gasteiger partial charge in [0.1, 0.15) is 0 Å². The number of hydrogen-bond acceptors (Lipinski definition) is 1. The van der Waals surface area contributed by atoms with E-state index in [1.54, 1.807) is 0 Å². The second-order valence-corrected chi connectivity index (χ2v) is 3.63. The zero-order chi connectivity index (χ0) is 7.68. The average molecular weight is 207 g/mol. The average Bonchev–Trinajstić information content (AvgIpc) is 2.47. The quantitative estimate of drug-likeness (QED) is 0.625. The molecule has 0 radical (unpaired) electrons. The van der Waals surface area contributed by atoms with Gasteiger partial charge in [0, 0.05) is 0 Å². The van der Waals surface area contributed by atoms with Crippen LogP contribution in [0.15, 0.2) is 30.3 Å². The van der Waals surface area contributed by atoms with Gasteiger partial charge < -0.3 is 0 Å². The zero-order valence-corrected chi connectivity index (χ0v) is 10.6. The summed E-state index contributed by atoms with van der Waals surface area (Å²) in [5.74, 6) is 0. The normalized spacial score (nSPS) is 20.5. The van der Waals surface area contributed by atoms with Crippen molar-refractivity contribution in [2.45, 2.75) is 6.10 Å². The van der Waals surface area contributed by atoms with Crippen LogP contribution in [0.25, 0.3) is 6.08 Å². The van der Waals surface area contributed by atoms with Gasteiger partial charge in [-0.25, -0.2) is 0 Å².